The average Bonchev–Trinajstić information content (AvgIpc) is 2.27. The Morgan fingerprint density at radius 3 is 2.53 bits per heavy atom. The first kappa shape index (κ1) is 11.8. The van der Waals surface area contributed by atoms with Crippen LogP contribution in [0.5, 0.6) is 0 Å². The molecule has 1 aromatic carbocycles. The van der Waals surface area contributed by atoms with E-state index in [4.69, 9.17) is 0 Å². The molecule has 1 N–H and O–H groups in total. The van der Waals surface area contributed by atoms with Gasteiger partial charge in [0.05, 0.1) is 0 Å². The van der Waals surface area contributed by atoms with Crippen LogP contribution in [0.3, 0.4) is 0 Å². The molecule has 1 atom stereocenters. The van der Waals surface area contributed by atoms with Crippen molar-refractivity contribution in [2.45, 2.75) is 39.2 Å². The fraction of sp³-hybridized carbons (Fsp3) is 0.429. The van der Waals surface area contributed by atoms with Gasteiger partial charge in [-0.15, -0.1) is 0 Å². The van der Waals surface area contributed by atoms with Crippen LogP contribution < -0.4 is 0 Å². The van der Waals surface area contributed by atoms with Crippen molar-refractivity contribution >= 4 is 0 Å². The lowest BCUT2D eigenvalue weighted by atomic mass is 10.0. The molecule has 0 radical (unpaired) electrons. The second-order valence-corrected chi connectivity index (χ2v) is 3.89. The summed E-state index contributed by atoms with van der Waals surface area (Å²) in [7, 11) is 0. The molecule has 1 unspecified atom stereocenters. The van der Waals surface area contributed by atoms with Gasteiger partial charge in [-0.1, -0.05) is 43.9 Å². The summed E-state index contributed by atoms with van der Waals surface area (Å²) in [5.74, 6) is 5.96. The fourth-order valence-corrected chi connectivity index (χ4v) is 1.24. The Hall–Kier alpha value is -1.26. The highest BCUT2D eigenvalue weighted by molar-refractivity contribution is 5.42. The highest BCUT2D eigenvalue weighted by Gasteiger charge is 2.12. The first-order valence-corrected chi connectivity index (χ1v) is 5.42. The lowest BCUT2D eigenvalue weighted by molar-refractivity contribution is 0.118. The van der Waals surface area contributed by atoms with Crippen molar-refractivity contribution in [3.05, 3.63) is 35.4 Å². The molecule has 0 aromatic heterocycles. The van der Waals surface area contributed by atoms with Gasteiger partial charge < -0.3 is 5.11 Å². The third-order valence-corrected chi connectivity index (χ3v) is 2.55. The fourth-order valence-electron chi connectivity index (χ4n) is 1.24. The summed E-state index contributed by atoms with van der Waals surface area (Å²) in [4.78, 5) is 0. The maximum Gasteiger partial charge on any atom is 0.122 e. The van der Waals surface area contributed by atoms with Crippen LogP contribution in [0.2, 0.25) is 0 Å². The van der Waals surface area contributed by atoms with Crippen LogP contribution in [0.4, 0.5) is 0 Å². The Morgan fingerprint density at radius 2 is 1.93 bits per heavy atom. The largest absolute Gasteiger partial charge is 0.378 e. The summed E-state index contributed by atoms with van der Waals surface area (Å²) in [6.07, 6.45) is 1.62. The van der Waals surface area contributed by atoms with Crippen LogP contribution in [0.15, 0.2) is 24.3 Å². The van der Waals surface area contributed by atoms with Gasteiger partial charge in [0.25, 0.3) is 0 Å². The molecule has 1 aromatic rings. The van der Waals surface area contributed by atoms with Crippen LogP contribution in [0, 0.1) is 11.8 Å². The van der Waals surface area contributed by atoms with Gasteiger partial charge in [-0.3, -0.25) is 0 Å². The van der Waals surface area contributed by atoms with Gasteiger partial charge >= 0.3 is 0 Å². The lowest BCUT2D eigenvalue weighted by Crippen LogP contribution is -2.19. The van der Waals surface area contributed by atoms with Crippen molar-refractivity contribution in [2.24, 2.45) is 0 Å². The topological polar surface area (TPSA) is 20.2 Å². The van der Waals surface area contributed by atoms with Crippen molar-refractivity contribution in [1.82, 2.24) is 0 Å². The van der Waals surface area contributed by atoms with Crippen molar-refractivity contribution in [3.8, 4) is 11.8 Å². The molecule has 0 aliphatic heterocycles. The van der Waals surface area contributed by atoms with Gasteiger partial charge in [-0.2, -0.15) is 0 Å². The molecule has 1 heteroatoms. The van der Waals surface area contributed by atoms with E-state index in [0.717, 1.165) is 12.0 Å². The van der Waals surface area contributed by atoms with Crippen molar-refractivity contribution in [3.63, 3.8) is 0 Å². The van der Waals surface area contributed by atoms with E-state index >= 15 is 0 Å². The Bertz CT molecular complexity index is 380. The second-order valence-electron chi connectivity index (χ2n) is 3.89. The highest BCUT2D eigenvalue weighted by Crippen LogP contribution is 2.10. The molecule has 0 saturated carbocycles. The summed E-state index contributed by atoms with van der Waals surface area (Å²) in [6, 6.07) is 8.06. The molecule has 0 fully saturated rings. The molecule has 80 valence electrons. The molecule has 0 saturated heterocycles. The quantitative estimate of drug-likeness (QED) is 0.731. The molecule has 0 heterocycles. The van der Waals surface area contributed by atoms with E-state index in [0.29, 0.717) is 6.42 Å². The van der Waals surface area contributed by atoms with Crippen LogP contribution in [0.1, 0.15) is 38.3 Å². The van der Waals surface area contributed by atoms with E-state index in [1.165, 1.54) is 5.56 Å². The zero-order chi connectivity index (χ0) is 11.3. The van der Waals surface area contributed by atoms with Crippen molar-refractivity contribution < 1.29 is 5.11 Å². The third-order valence-electron chi connectivity index (χ3n) is 2.55. The van der Waals surface area contributed by atoms with Gasteiger partial charge in [0.15, 0.2) is 0 Å². The third kappa shape index (κ3) is 3.42. The number of hydrogen-bond acceptors (Lipinski definition) is 1. The van der Waals surface area contributed by atoms with E-state index in [-0.39, 0.29) is 0 Å². The van der Waals surface area contributed by atoms with Crippen LogP contribution in [-0.4, -0.2) is 10.7 Å². The van der Waals surface area contributed by atoms with Crippen LogP contribution >= 0.6 is 0 Å². The second kappa shape index (κ2) is 5.00. The number of benzene rings is 1. The zero-order valence-corrected chi connectivity index (χ0v) is 9.67. The molecule has 1 nitrogen and oxygen atoms in total. The van der Waals surface area contributed by atoms with Crippen molar-refractivity contribution in [2.75, 3.05) is 0 Å². The van der Waals surface area contributed by atoms with E-state index in [1.807, 2.05) is 25.1 Å². The van der Waals surface area contributed by atoms with Gasteiger partial charge in [0.1, 0.15) is 5.60 Å². The monoisotopic (exact) mass is 202 g/mol. The first-order chi connectivity index (χ1) is 7.09. The SMILES string of the molecule is CCc1ccccc1C#CC(C)(O)CC. The summed E-state index contributed by atoms with van der Waals surface area (Å²) >= 11 is 0. The number of aryl methyl sites for hydroxylation is 1. The minimum atomic E-state index is -0.874. The number of aliphatic hydroxyl groups is 1. The van der Waals surface area contributed by atoms with Crippen LogP contribution in [0.25, 0.3) is 0 Å². The predicted octanol–water partition coefficient (Wildman–Crippen LogP) is 2.76. The molecule has 0 aliphatic carbocycles. The molecule has 0 bridgehead atoms. The lowest BCUT2D eigenvalue weighted by Gasteiger charge is -2.12. The molecule has 1 rings (SSSR count). The average molecular weight is 202 g/mol. The standard InChI is InChI=1S/C14H18O/c1-4-12-8-6-7-9-13(12)10-11-14(3,15)5-2/h6-9,15H,4-5H2,1-3H3. The number of rotatable bonds is 2. The van der Waals surface area contributed by atoms with E-state index in [1.54, 1.807) is 6.92 Å². The van der Waals surface area contributed by atoms with Gasteiger partial charge in [0, 0.05) is 5.56 Å². The van der Waals surface area contributed by atoms with E-state index in [2.05, 4.69) is 24.8 Å². The molecule has 15 heavy (non-hydrogen) atoms. The van der Waals surface area contributed by atoms with Gasteiger partial charge in [0.2, 0.25) is 0 Å². The first-order valence-electron chi connectivity index (χ1n) is 5.42. The zero-order valence-electron chi connectivity index (χ0n) is 9.67. The molecule has 0 amide bonds. The normalized spacial score (nSPS) is 13.9. The summed E-state index contributed by atoms with van der Waals surface area (Å²) in [5, 5.41) is 9.77. The minimum Gasteiger partial charge on any atom is -0.378 e. The molecule has 0 spiro atoms. The smallest absolute Gasteiger partial charge is 0.122 e. The summed E-state index contributed by atoms with van der Waals surface area (Å²) in [5.41, 5.74) is 1.38. The van der Waals surface area contributed by atoms with E-state index in [9.17, 15) is 5.11 Å². The Kier molecular flexibility index (Phi) is 3.94. The maximum atomic E-state index is 9.77. The van der Waals surface area contributed by atoms with Crippen LogP contribution in [-0.2, 0) is 6.42 Å². The Balaban J connectivity index is 2.98. The van der Waals surface area contributed by atoms with Crippen molar-refractivity contribution in [1.29, 1.82) is 0 Å². The summed E-state index contributed by atoms with van der Waals surface area (Å²) in [6.45, 7) is 5.79. The predicted molar refractivity (Wildman–Crippen MR) is 63.6 cm³/mol. The summed E-state index contributed by atoms with van der Waals surface area (Å²) < 4.78 is 0. The molecular weight excluding hydrogens is 184 g/mol. The molecule has 0 aliphatic rings. The Morgan fingerprint density at radius 1 is 1.27 bits per heavy atom. The van der Waals surface area contributed by atoms with Gasteiger partial charge in [-0.05, 0) is 31.4 Å². The van der Waals surface area contributed by atoms with E-state index < -0.39 is 5.60 Å². The highest BCUT2D eigenvalue weighted by atomic mass is 16.3. The minimum absolute atomic E-state index is 0.647. The molecular formula is C14H18O. The maximum absolute atomic E-state index is 9.77. The van der Waals surface area contributed by atoms with Gasteiger partial charge in [-0.25, -0.2) is 0 Å². The Labute approximate surface area is 92.1 Å². The number of hydrogen-bond donors (Lipinski definition) is 1.